The fourth-order valence-corrected chi connectivity index (χ4v) is 2.53. The van der Waals surface area contributed by atoms with E-state index in [4.69, 9.17) is 0 Å². The van der Waals surface area contributed by atoms with Gasteiger partial charge in [0.2, 0.25) is 0 Å². The van der Waals surface area contributed by atoms with Crippen LogP contribution in [0.2, 0.25) is 0 Å². The fraction of sp³-hybridized carbons (Fsp3) is 0.429. The van der Waals surface area contributed by atoms with E-state index >= 15 is 0 Å². The predicted molar refractivity (Wildman–Crippen MR) is 76.9 cm³/mol. The summed E-state index contributed by atoms with van der Waals surface area (Å²) in [5.74, 6) is -0.195. The first-order chi connectivity index (χ1) is 9.20. The van der Waals surface area contributed by atoms with Crippen molar-refractivity contribution in [1.82, 2.24) is 15.5 Å². The number of halogens is 1. The molecular formula is C14H18FN3S. The van der Waals surface area contributed by atoms with E-state index in [1.165, 1.54) is 17.4 Å². The molecule has 0 bridgehead atoms. The molecule has 1 aromatic carbocycles. The van der Waals surface area contributed by atoms with Gasteiger partial charge in [-0.25, -0.2) is 4.39 Å². The third-order valence-corrected chi connectivity index (χ3v) is 3.86. The molecule has 2 aromatic rings. The molecule has 0 saturated heterocycles. The number of hydrogen-bond acceptors (Lipinski definition) is 4. The lowest BCUT2D eigenvalue weighted by molar-refractivity contribution is 0.619. The molecule has 1 aromatic heterocycles. The van der Waals surface area contributed by atoms with Gasteiger partial charge in [-0.2, -0.15) is 0 Å². The zero-order valence-corrected chi connectivity index (χ0v) is 12.1. The van der Waals surface area contributed by atoms with Crippen LogP contribution in [0.15, 0.2) is 18.2 Å². The van der Waals surface area contributed by atoms with Gasteiger partial charge in [0.25, 0.3) is 0 Å². The topological polar surface area (TPSA) is 37.8 Å². The van der Waals surface area contributed by atoms with Crippen molar-refractivity contribution < 1.29 is 4.39 Å². The number of aryl methyl sites for hydroxylation is 1. The normalized spacial score (nSPS) is 10.9. The average molecular weight is 279 g/mol. The van der Waals surface area contributed by atoms with Crippen LogP contribution in [0, 0.1) is 12.7 Å². The Labute approximate surface area is 116 Å². The Kier molecular flexibility index (Phi) is 4.99. The summed E-state index contributed by atoms with van der Waals surface area (Å²) in [6.07, 6.45) is 2.00. The van der Waals surface area contributed by atoms with Crippen LogP contribution in [0.25, 0.3) is 10.6 Å². The number of rotatable bonds is 6. The Balaban J connectivity index is 2.01. The van der Waals surface area contributed by atoms with E-state index in [9.17, 15) is 4.39 Å². The molecule has 0 aliphatic rings. The number of benzene rings is 1. The second-order valence-corrected chi connectivity index (χ2v) is 5.53. The standard InChI is InChI=1S/C14H18FN3S/c1-3-7-16-8-6-13-17-18-14(19-13)11-5-4-10(2)12(15)9-11/h4-5,9,16H,3,6-8H2,1-2H3. The number of aromatic nitrogens is 2. The van der Waals surface area contributed by atoms with Crippen LogP contribution in [0.1, 0.15) is 23.9 Å². The zero-order chi connectivity index (χ0) is 13.7. The van der Waals surface area contributed by atoms with Gasteiger partial charge in [-0.15, -0.1) is 10.2 Å². The van der Waals surface area contributed by atoms with Crippen LogP contribution in [-0.2, 0) is 6.42 Å². The fourth-order valence-electron chi connectivity index (χ4n) is 1.69. The van der Waals surface area contributed by atoms with E-state index in [1.807, 2.05) is 6.07 Å². The minimum absolute atomic E-state index is 0.195. The van der Waals surface area contributed by atoms with Gasteiger partial charge >= 0.3 is 0 Å². The molecule has 5 heteroatoms. The van der Waals surface area contributed by atoms with Gasteiger partial charge in [-0.05, 0) is 31.5 Å². The summed E-state index contributed by atoms with van der Waals surface area (Å²) in [5.41, 5.74) is 1.45. The van der Waals surface area contributed by atoms with Crippen LogP contribution in [0.3, 0.4) is 0 Å². The van der Waals surface area contributed by atoms with E-state index in [1.54, 1.807) is 13.0 Å². The third-order valence-electron chi connectivity index (χ3n) is 2.83. The van der Waals surface area contributed by atoms with Gasteiger partial charge < -0.3 is 5.32 Å². The molecule has 0 amide bonds. The highest BCUT2D eigenvalue weighted by Crippen LogP contribution is 2.25. The molecule has 0 aliphatic heterocycles. The van der Waals surface area contributed by atoms with E-state index in [2.05, 4.69) is 22.4 Å². The Morgan fingerprint density at radius 2 is 2.11 bits per heavy atom. The quantitative estimate of drug-likeness (QED) is 0.825. The summed E-state index contributed by atoms with van der Waals surface area (Å²) in [6.45, 7) is 5.82. The van der Waals surface area contributed by atoms with Crippen molar-refractivity contribution in [2.24, 2.45) is 0 Å². The van der Waals surface area contributed by atoms with Crippen molar-refractivity contribution in [2.75, 3.05) is 13.1 Å². The molecule has 1 N–H and O–H groups in total. The smallest absolute Gasteiger partial charge is 0.147 e. The molecule has 102 valence electrons. The largest absolute Gasteiger partial charge is 0.316 e. The molecule has 0 aliphatic carbocycles. The number of nitrogens with zero attached hydrogens (tertiary/aromatic N) is 2. The molecule has 0 saturated carbocycles. The van der Waals surface area contributed by atoms with E-state index in [0.29, 0.717) is 5.56 Å². The van der Waals surface area contributed by atoms with Crippen LogP contribution in [0.4, 0.5) is 4.39 Å². The highest BCUT2D eigenvalue weighted by atomic mass is 32.1. The van der Waals surface area contributed by atoms with E-state index in [0.717, 1.165) is 41.5 Å². The van der Waals surface area contributed by atoms with Crippen LogP contribution < -0.4 is 5.32 Å². The van der Waals surface area contributed by atoms with Gasteiger partial charge in [0.1, 0.15) is 15.8 Å². The molecule has 2 rings (SSSR count). The summed E-state index contributed by atoms with van der Waals surface area (Å²) in [4.78, 5) is 0. The van der Waals surface area contributed by atoms with Crippen molar-refractivity contribution in [2.45, 2.75) is 26.7 Å². The summed E-state index contributed by atoms with van der Waals surface area (Å²) >= 11 is 1.53. The van der Waals surface area contributed by atoms with Crippen LogP contribution >= 0.6 is 11.3 Å². The summed E-state index contributed by atoms with van der Waals surface area (Å²) < 4.78 is 13.5. The number of nitrogens with one attached hydrogen (secondary N) is 1. The molecule has 0 fully saturated rings. The molecule has 0 spiro atoms. The van der Waals surface area contributed by atoms with Crippen molar-refractivity contribution in [3.05, 3.63) is 34.6 Å². The Hall–Kier alpha value is -1.33. The Morgan fingerprint density at radius 1 is 1.26 bits per heavy atom. The van der Waals surface area contributed by atoms with Crippen molar-refractivity contribution in [3.8, 4) is 10.6 Å². The zero-order valence-electron chi connectivity index (χ0n) is 11.2. The van der Waals surface area contributed by atoms with Crippen LogP contribution in [0.5, 0.6) is 0 Å². The van der Waals surface area contributed by atoms with Crippen LogP contribution in [-0.4, -0.2) is 23.3 Å². The minimum Gasteiger partial charge on any atom is -0.316 e. The summed E-state index contributed by atoms with van der Waals surface area (Å²) in [7, 11) is 0. The molecule has 0 unspecified atom stereocenters. The predicted octanol–water partition coefficient (Wildman–Crippen LogP) is 3.19. The molecule has 0 radical (unpaired) electrons. The first-order valence-corrected chi connectivity index (χ1v) is 7.32. The maximum absolute atomic E-state index is 13.5. The van der Waals surface area contributed by atoms with Crippen molar-refractivity contribution >= 4 is 11.3 Å². The molecule has 0 atom stereocenters. The van der Waals surface area contributed by atoms with E-state index in [-0.39, 0.29) is 5.82 Å². The SMILES string of the molecule is CCCNCCc1nnc(-c2ccc(C)c(F)c2)s1. The van der Waals surface area contributed by atoms with Gasteiger partial charge in [-0.1, -0.05) is 30.4 Å². The van der Waals surface area contributed by atoms with Gasteiger partial charge in [0, 0.05) is 18.5 Å². The molecule has 3 nitrogen and oxygen atoms in total. The molecule has 19 heavy (non-hydrogen) atoms. The summed E-state index contributed by atoms with van der Waals surface area (Å²) in [5, 5.41) is 13.4. The number of hydrogen-bond donors (Lipinski definition) is 1. The minimum atomic E-state index is -0.195. The van der Waals surface area contributed by atoms with Crippen molar-refractivity contribution in [3.63, 3.8) is 0 Å². The lowest BCUT2D eigenvalue weighted by Gasteiger charge is -1.99. The average Bonchev–Trinajstić information content (AvgIpc) is 2.87. The molecule has 1 heterocycles. The first-order valence-electron chi connectivity index (χ1n) is 6.50. The van der Waals surface area contributed by atoms with Crippen molar-refractivity contribution in [1.29, 1.82) is 0 Å². The lowest BCUT2D eigenvalue weighted by atomic mass is 10.1. The monoisotopic (exact) mass is 279 g/mol. The first kappa shape index (κ1) is 14.1. The Bertz CT molecular complexity index is 539. The van der Waals surface area contributed by atoms with Gasteiger partial charge in [0.15, 0.2) is 0 Å². The third kappa shape index (κ3) is 3.81. The van der Waals surface area contributed by atoms with Gasteiger partial charge in [-0.3, -0.25) is 0 Å². The molecular weight excluding hydrogens is 261 g/mol. The highest BCUT2D eigenvalue weighted by molar-refractivity contribution is 7.14. The second kappa shape index (κ2) is 6.73. The maximum atomic E-state index is 13.5. The van der Waals surface area contributed by atoms with E-state index < -0.39 is 0 Å². The second-order valence-electron chi connectivity index (χ2n) is 4.46. The van der Waals surface area contributed by atoms with Gasteiger partial charge in [0.05, 0.1) is 0 Å². The summed E-state index contributed by atoms with van der Waals surface area (Å²) in [6, 6.07) is 5.18. The lowest BCUT2D eigenvalue weighted by Crippen LogP contribution is -2.17. The maximum Gasteiger partial charge on any atom is 0.147 e. The highest BCUT2D eigenvalue weighted by Gasteiger charge is 2.08. The Morgan fingerprint density at radius 3 is 2.84 bits per heavy atom.